The zero-order chi connectivity index (χ0) is 19.0. The van der Waals surface area contributed by atoms with E-state index in [-0.39, 0.29) is 0 Å². The van der Waals surface area contributed by atoms with Crippen LogP contribution >= 0.6 is 0 Å². The summed E-state index contributed by atoms with van der Waals surface area (Å²) in [6, 6.07) is 3.48. The van der Waals surface area contributed by atoms with Gasteiger partial charge in [-0.15, -0.1) is 0 Å². The summed E-state index contributed by atoms with van der Waals surface area (Å²) in [5.41, 5.74) is 0.347. The van der Waals surface area contributed by atoms with E-state index in [1.54, 1.807) is 0 Å². The van der Waals surface area contributed by atoms with Crippen LogP contribution in [0.5, 0.6) is 0 Å². The monoisotopic (exact) mass is 371 g/mol. The molecule has 0 heterocycles. The Balaban J connectivity index is 2.23. The minimum absolute atomic E-state index is 0.347. The van der Waals surface area contributed by atoms with Gasteiger partial charge in [-0.05, 0) is 43.5 Å². The van der Waals surface area contributed by atoms with Crippen molar-refractivity contribution in [2.45, 2.75) is 33.1 Å². The minimum Gasteiger partial charge on any atom is -0.379 e. The molecule has 0 aliphatic carbocycles. The molecule has 0 unspecified atom stereocenters. The van der Waals surface area contributed by atoms with Crippen LogP contribution in [0.15, 0.2) is 23.2 Å². The smallest absolute Gasteiger partial charge is 0.191 e. The highest BCUT2D eigenvalue weighted by atomic mass is 19.1. The van der Waals surface area contributed by atoms with E-state index in [2.05, 4.69) is 22.5 Å². The second kappa shape index (κ2) is 14.4. The lowest BCUT2D eigenvalue weighted by molar-refractivity contribution is 0.0497. The second-order valence-corrected chi connectivity index (χ2v) is 5.75. The molecule has 0 aromatic heterocycles. The van der Waals surface area contributed by atoms with E-state index >= 15 is 0 Å². The van der Waals surface area contributed by atoms with Gasteiger partial charge in [-0.1, -0.05) is 13.3 Å². The number of unbranched alkanes of at least 4 members (excludes halogenated alkanes) is 1. The highest BCUT2D eigenvalue weighted by Crippen LogP contribution is 2.09. The highest BCUT2D eigenvalue weighted by molar-refractivity contribution is 5.79. The quantitative estimate of drug-likeness (QED) is 0.318. The fraction of sp³-hybridized carbons (Fsp3) is 0.632. The lowest BCUT2D eigenvalue weighted by Gasteiger charge is -2.12. The van der Waals surface area contributed by atoms with E-state index in [1.165, 1.54) is 6.07 Å². The summed E-state index contributed by atoms with van der Waals surface area (Å²) >= 11 is 0. The van der Waals surface area contributed by atoms with Crippen molar-refractivity contribution < 1.29 is 18.3 Å². The number of hydrogen-bond donors (Lipinski definition) is 2. The Morgan fingerprint density at radius 3 is 2.54 bits per heavy atom. The topological polar surface area (TPSA) is 54.9 Å². The van der Waals surface area contributed by atoms with Crippen molar-refractivity contribution in [3.8, 4) is 0 Å². The van der Waals surface area contributed by atoms with Crippen molar-refractivity contribution in [2.75, 3.05) is 46.1 Å². The molecule has 0 spiro atoms. The molecule has 2 N–H and O–H groups in total. The van der Waals surface area contributed by atoms with Crippen LogP contribution in [0, 0.1) is 11.6 Å². The van der Waals surface area contributed by atoms with Crippen LogP contribution in [-0.4, -0.2) is 52.0 Å². The van der Waals surface area contributed by atoms with Gasteiger partial charge < -0.3 is 20.1 Å². The third kappa shape index (κ3) is 10.3. The number of nitrogens with zero attached hydrogens (tertiary/aromatic N) is 1. The maximum absolute atomic E-state index is 13.6. The number of aliphatic imine (C=N–C) groups is 1. The molecule has 0 aliphatic heterocycles. The molecule has 0 saturated heterocycles. The van der Waals surface area contributed by atoms with Gasteiger partial charge in [0.05, 0.1) is 26.4 Å². The van der Waals surface area contributed by atoms with Crippen LogP contribution in [0.25, 0.3) is 0 Å². The van der Waals surface area contributed by atoms with Crippen LogP contribution < -0.4 is 10.6 Å². The molecule has 26 heavy (non-hydrogen) atoms. The minimum atomic E-state index is -0.433. The van der Waals surface area contributed by atoms with E-state index in [1.807, 2.05) is 6.92 Å². The number of nitrogens with one attached hydrogen (secondary N) is 2. The van der Waals surface area contributed by atoms with Crippen molar-refractivity contribution in [3.63, 3.8) is 0 Å². The molecule has 0 aliphatic rings. The molecular formula is C19H31F2N3O2. The van der Waals surface area contributed by atoms with Crippen molar-refractivity contribution >= 4 is 5.96 Å². The van der Waals surface area contributed by atoms with Crippen LogP contribution in [0.4, 0.5) is 8.78 Å². The Labute approximate surface area is 155 Å². The number of ether oxygens (including phenoxy) is 2. The molecule has 7 heteroatoms. The van der Waals surface area contributed by atoms with Crippen molar-refractivity contribution in [2.24, 2.45) is 4.99 Å². The summed E-state index contributed by atoms with van der Waals surface area (Å²) in [5, 5.41) is 6.22. The normalized spacial score (nSPS) is 11.6. The predicted octanol–water partition coefficient (Wildman–Crippen LogP) is 2.90. The molecule has 1 aromatic carbocycles. The van der Waals surface area contributed by atoms with Gasteiger partial charge in [0.2, 0.25) is 0 Å². The molecule has 0 fully saturated rings. The number of benzene rings is 1. The summed E-state index contributed by atoms with van der Waals surface area (Å²) in [7, 11) is 0. The van der Waals surface area contributed by atoms with Gasteiger partial charge in [-0.3, -0.25) is 4.99 Å². The molecule has 0 bridgehead atoms. The van der Waals surface area contributed by atoms with Crippen molar-refractivity contribution in [1.29, 1.82) is 0 Å². The van der Waals surface area contributed by atoms with E-state index in [9.17, 15) is 8.78 Å². The third-order valence-electron chi connectivity index (χ3n) is 3.56. The second-order valence-electron chi connectivity index (χ2n) is 5.75. The van der Waals surface area contributed by atoms with Gasteiger partial charge >= 0.3 is 0 Å². The lowest BCUT2D eigenvalue weighted by atomic mass is 10.1. The largest absolute Gasteiger partial charge is 0.379 e. The van der Waals surface area contributed by atoms with Crippen LogP contribution in [0.1, 0.15) is 32.3 Å². The van der Waals surface area contributed by atoms with Gasteiger partial charge in [0, 0.05) is 19.7 Å². The van der Waals surface area contributed by atoms with Gasteiger partial charge in [0.25, 0.3) is 0 Å². The van der Waals surface area contributed by atoms with Gasteiger partial charge in [-0.25, -0.2) is 8.78 Å². The van der Waals surface area contributed by atoms with Crippen LogP contribution in [-0.2, 0) is 15.9 Å². The number of rotatable bonds is 13. The van der Waals surface area contributed by atoms with Gasteiger partial charge in [-0.2, -0.15) is 0 Å². The Bertz CT molecular complexity index is 528. The first-order chi connectivity index (χ1) is 12.7. The number of halogens is 2. The molecule has 1 aromatic rings. The number of hydrogen-bond acceptors (Lipinski definition) is 3. The highest BCUT2D eigenvalue weighted by Gasteiger charge is 2.04. The third-order valence-corrected chi connectivity index (χ3v) is 3.56. The molecule has 5 nitrogen and oxygen atoms in total. The summed E-state index contributed by atoms with van der Waals surface area (Å²) in [4.78, 5) is 4.39. The predicted molar refractivity (Wildman–Crippen MR) is 101 cm³/mol. The fourth-order valence-electron chi connectivity index (χ4n) is 2.18. The van der Waals surface area contributed by atoms with Crippen LogP contribution in [0.2, 0.25) is 0 Å². The lowest BCUT2D eigenvalue weighted by Crippen LogP contribution is -2.38. The average Bonchev–Trinajstić information content (AvgIpc) is 2.63. The summed E-state index contributed by atoms with van der Waals surface area (Å²) < 4.78 is 37.6. The Morgan fingerprint density at radius 2 is 1.81 bits per heavy atom. The molecule has 1 rings (SSSR count). The summed E-state index contributed by atoms with van der Waals surface area (Å²) in [5.74, 6) is -0.199. The van der Waals surface area contributed by atoms with Crippen molar-refractivity contribution in [1.82, 2.24) is 10.6 Å². The zero-order valence-corrected chi connectivity index (χ0v) is 15.8. The average molecular weight is 371 g/mol. The Hall–Kier alpha value is -1.73. The van der Waals surface area contributed by atoms with Crippen LogP contribution in [0.3, 0.4) is 0 Å². The van der Waals surface area contributed by atoms with E-state index in [4.69, 9.17) is 9.47 Å². The molecule has 0 saturated carbocycles. The summed E-state index contributed by atoms with van der Waals surface area (Å²) in [6.45, 7) is 8.22. The number of guanidine groups is 1. The molecule has 0 radical (unpaired) electrons. The Morgan fingerprint density at radius 1 is 1.04 bits per heavy atom. The summed E-state index contributed by atoms with van der Waals surface area (Å²) in [6.07, 6.45) is 2.57. The molecular weight excluding hydrogens is 340 g/mol. The van der Waals surface area contributed by atoms with Gasteiger partial charge in [0.15, 0.2) is 5.96 Å². The first kappa shape index (κ1) is 22.3. The van der Waals surface area contributed by atoms with Crippen molar-refractivity contribution in [3.05, 3.63) is 35.4 Å². The van der Waals surface area contributed by atoms with E-state index in [0.717, 1.165) is 31.6 Å². The standard InChI is InChI=1S/C19H31F2N3O2/c1-3-5-11-25-13-14-26-12-10-24-19(22-4-2)23-9-8-16-15-17(20)6-7-18(16)21/h6-7,15H,3-5,8-14H2,1-2H3,(H2,22,23,24). The zero-order valence-electron chi connectivity index (χ0n) is 15.8. The SMILES string of the molecule is CCCCOCCOCCN=C(NCC)NCCc1cc(F)ccc1F. The molecule has 0 amide bonds. The first-order valence-electron chi connectivity index (χ1n) is 9.29. The maximum atomic E-state index is 13.6. The van der Waals surface area contributed by atoms with E-state index < -0.39 is 11.6 Å². The maximum Gasteiger partial charge on any atom is 0.191 e. The first-order valence-corrected chi connectivity index (χ1v) is 9.29. The fourth-order valence-corrected chi connectivity index (χ4v) is 2.18. The van der Waals surface area contributed by atoms with Gasteiger partial charge in [0.1, 0.15) is 11.6 Å². The van der Waals surface area contributed by atoms with E-state index in [0.29, 0.717) is 57.4 Å². The molecule has 0 atom stereocenters. The Kier molecular flexibility index (Phi) is 12.4. The molecule has 148 valence electrons.